The van der Waals surface area contributed by atoms with Crippen molar-refractivity contribution in [3.8, 4) is 11.5 Å². The van der Waals surface area contributed by atoms with Crippen LogP contribution in [-0.4, -0.2) is 23.8 Å². The van der Waals surface area contributed by atoms with E-state index in [1.165, 1.54) is 11.3 Å². The van der Waals surface area contributed by atoms with Gasteiger partial charge in [-0.05, 0) is 73.5 Å². The van der Waals surface area contributed by atoms with Gasteiger partial charge in [0, 0.05) is 21.2 Å². The first kappa shape index (κ1) is 32.3. The molecule has 1 atom stereocenters. The molecule has 4 aromatic carbocycles. The minimum absolute atomic E-state index is 0.164. The van der Waals surface area contributed by atoms with Gasteiger partial charge in [-0.2, -0.15) is 0 Å². The molecule has 0 N–H and O–H groups in total. The fourth-order valence-electron chi connectivity index (χ4n) is 5.36. The summed E-state index contributed by atoms with van der Waals surface area (Å²) in [6.07, 6.45) is 1.74. The molecule has 6 rings (SSSR count). The van der Waals surface area contributed by atoms with Crippen molar-refractivity contribution in [3.05, 3.63) is 155 Å². The highest BCUT2D eigenvalue weighted by molar-refractivity contribution is 7.07. The van der Waals surface area contributed by atoms with E-state index in [-0.39, 0.29) is 24.3 Å². The van der Waals surface area contributed by atoms with E-state index in [0.29, 0.717) is 54.3 Å². The van der Waals surface area contributed by atoms with Crippen molar-refractivity contribution in [2.24, 2.45) is 4.99 Å². The molecule has 0 spiro atoms. The molecule has 0 aliphatic carbocycles. The fourth-order valence-corrected chi connectivity index (χ4v) is 6.75. The maximum atomic E-state index is 14.3. The normalized spacial score (nSPS) is 14.4. The molecule has 0 bridgehead atoms. The van der Waals surface area contributed by atoms with Crippen molar-refractivity contribution in [3.63, 3.8) is 0 Å². The number of esters is 1. The van der Waals surface area contributed by atoms with Crippen LogP contribution in [0.1, 0.15) is 42.1 Å². The number of ether oxygens (including phenoxy) is 3. The van der Waals surface area contributed by atoms with Crippen molar-refractivity contribution in [1.82, 2.24) is 4.57 Å². The molecular formula is C37H30Cl2N2O5S. The number of nitrogens with zero attached hydrogens (tertiary/aromatic N) is 2. The number of carbonyl (C=O) groups excluding carboxylic acids is 1. The molecule has 1 aliphatic heterocycles. The number of thiazole rings is 1. The molecule has 0 radical (unpaired) electrons. The van der Waals surface area contributed by atoms with Crippen molar-refractivity contribution in [1.29, 1.82) is 0 Å². The zero-order chi connectivity index (χ0) is 32.9. The number of aromatic nitrogens is 1. The maximum Gasteiger partial charge on any atom is 0.338 e. The Bertz CT molecular complexity index is 2140. The summed E-state index contributed by atoms with van der Waals surface area (Å²) in [5.74, 6) is 0.676. The fraction of sp³-hybridized carbons (Fsp3) is 0.162. The summed E-state index contributed by atoms with van der Waals surface area (Å²) in [5.41, 5.74) is 3.36. The van der Waals surface area contributed by atoms with Crippen LogP contribution in [-0.2, 0) is 16.1 Å². The lowest BCUT2D eigenvalue weighted by Crippen LogP contribution is -2.40. The lowest BCUT2D eigenvalue weighted by molar-refractivity contribution is -0.138. The SMILES string of the molecule is CCOC(=O)C1=C(c2ccccc2)N=c2s/c(=C\c3cc(Cl)ccc3OCc3cccc(Cl)c3)c(=O)n2[C@@H]1c1ccc(OCC)cc1. The molecule has 2 heterocycles. The van der Waals surface area contributed by atoms with E-state index < -0.39 is 12.0 Å². The highest BCUT2D eigenvalue weighted by Crippen LogP contribution is 2.36. The number of hydrogen-bond acceptors (Lipinski definition) is 7. The Morgan fingerprint density at radius 1 is 0.894 bits per heavy atom. The maximum absolute atomic E-state index is 14.3. The average molecular weight is 686 g/mol. The Labute approximate surface area is 285 Å². The molecule has 5 aromatic rings. The Kier molecular flexibility index (Phi) is 9.92. The zero-order valence-corrected chi connectivity index (χ0v) is 27.9. The Morgan fingerprint density at radius 2 is 1.66 bits per heavy atom. The van der Waals surface area contributed by atoms with E-state index >= 15 is 0 Å². The Hall–Kier alpha value is -4.63. The van der Waals surface area contributed by atoms with Crippen LogP contribution < -0.4 is 24.4 Å². The summed E-state index contributed by atoms with van der Waals surface area (Å²) in [7, 11) is 0. The summed E-state index contributed by atoms with van der Waals surface area (Å²) in [6.45, 7) is 4.60. The molecule has 10 heteroatoms. The molecule has 0 amide bonds. The quantitative estimate of drug-likeness (QED) is 0.145. The molecule has 1 aromatic heterocycles. The molecule has 0 unspecified atom stereocenters. The third kappa shape index (κ3) is 7.05. The van der Waals surface area contributed by atoms with Gasteiger partial charge in [0.25, 0.3) is 5.56 Å². The first-order valence-electron chi connectivity index (χ1n) is 15.0. The second-order valence-electron chi connectivity index (χ2n) is 10.5. The first-order valence-corrected chi connectivity index (χ1v) is 16.6. The largest absolute Gasteiger partial charge is 0.494 e. The van der Waals surface area contributed by atoms with Gasteiger partial charge in [-0.1, -0.05) is 89.1 Å². The highest BCUT2D eigenvalue weighted by atomic mass is 35.5. The van der Waals surface area contributed by atoms with E-state index in [1.807, 2.05) is 79.7 Å². The van der Waals surface area contributed by atoms with Gasteiger partial charge in [-0.15, -0.1) is 0 Å². The number of fused-ring (bicyclic) bond motifs is 1. The van der Waals surface area contributed by atoms with Crippen LogP contribution in [0.3, 0.4) is 0 Å². The third-order valence-electron chi connectivity index (χ3n) is 7.42. The third-order valence-corrected chi connectivity index (χ3v) is 8.88. The van der Waals surface area contributed by atoms with E-state index in [4.69, 9.17) is 42.4 Å². The van der Waals surface area contributed by atoms with Gasteiger partial charge in [-0.3, -0.25) is 9.36 Å². The minimum atomic E-state index is -0.809. The predicted molar refractivity (Wildman–Crippen MR) is 186 cm³/mol. The van der Waals surface area contributed by atoms with Crippen molar-refractivity contribution >= 4 is 52.3 Å². The van der Waals surface area contributed by atoms with Gasteiger partial charge < -0.3 is 14.2 Å². The number of carbonyl (C=O) groups is 1. The van der Waals surface area contributed by atoms with E-state index in [1.54, 1.807) is 41.8 Å². The molecule has 0 saturated heterocycles. The predicted octanol–water partition coefficient (Wildman–Crippen LogP) is 7.22. The minimum Gasteiger partial charge on any atom is -0.494 e. The van der Waals surface area contributed by atoms with Crippen LogP contribution in [0.15, 0.2) is 112 Å². The number of hydrogen-bond donors (Lipinski definition) is 0. The average Bonchev–Trinajstić information content (AvgIpc) is 3.38. The molecule has 7 nitrogen and oxygen atoms in total. The molecule has 0 saturated carbocycles. The van der Waals surface area contributed by atoms with E-state index in [9.17, 15) is 9.59 Å². The molecule has 1 aliphatic rings. The summed E-state index contributed by atoms with van der Waals surface area (Å²) < 4.78 is 19.3. The van der Waals surface area contributed by atoms with E-state index in [0.717, 1.165) is 11.1 Å². The van der Waals surface area contributed by atoms with Gasteiger partial charge in [-0.25, -0.2) is 9.79 Å². The molecular weight excluding hydrogens is 655 g/mol. The van der Waals surface area contributed by atoms with Crippen LogP contribution in [0.5, 0.6) is 11.5 Å². The Balaban J connectivity index is 1.53. The van der Waals surface area contributed by atoms with E-state index in [2.05, 4.69) is 0 Å². The second-order valence-corrected chi connectivity index (χ2v) is 12.4. The number of rotatable bonds is 10. The topological polar surface area (TPSA) is 79.1 Å². The summed E-state index contributed by atoms with van der Waals surface area (Å²) >= 11 is 13.8. The monoisotopic (exact) mass is 684 g/mol. The van der Waals surface area contributed by atoms with Crippen LogP contribution in [0.2, 0.25) is 10.0 Å². The highest BCUT2D eigenvalue weighted by Gasteiger charge is 2.35. The van der Waals surface area contributed by atoms with Gasteiger partial charge >= 0.3 is 5.97 Å². The number of benzene rings is 4. The van der Waals surface area contributed by atoms with Crippen LogP contribution in [0.25, 0.3) is 11.8 Å². The van der Waals surface area contributed by atoms with Gasteiger partial charge in [0.05, 0.1) is 35.1 Å². The lowest BCUT2D eigenvalue weighted by Gasteiger charge is -2.26. The smallest absolute Gasteiger partial charge is 0.338 e. The zero-order valence-electron chi connectivity index (χ0n) is 25.6. The summed E-state index contributed by atoms with van der Waals surface area (Å²) in [5, 5.41) is 1.10. The molecule has 238 valence electrons. The van der Waals surface area contributed by atoms with Gasteiger partial charge in [0.15, 0.2) is 4.80 Å². The van der Waals surface area contributed by atoms with Crippen LogP contribution in [0, 0.1) is 0 Å². The number of halogens is 2. The standard InChI is InChI=1S/C37H30Cl2N2O5S/c1-3-44-29-16-13-25(14-17-29)34-32(36(43)45-4-2)33(24-10-6-5-7-11-24)40-37-41(34)35(42)31(47-37)21-26-20-28(39)15-18-30(26)46-22-23-9-8-12-27(38)19-23/h5-21,34H,3-4,22H2,1-2H3/b31-21-/t34-/m1/s1. The summed E-state index contributed by atoms with van der Waals surface area (Å²) in [6, 6.07) is 28.7. The lowest BCUT2D eigenvalue weighted by atomic mass is 9.93. The van der Waals surface area contributed by atoms with Gasteiger partial charge in [0.2, 0.25) is 0 Å². The Morgan fingerprint density at radius 3 is 2.38 bits per heavy atom. The van der Waals surface area contributed by atoms with Crippen molar-refractivity contribution < 1.29 is 19.0 Å². The van der Waals surface area contributed by atoms with Crippen molar-refractivity contribution in [2.45, 2.75) is 26.5 Å². The van der Waals surface area contributed by atoms with Crippen LogP contribution in [0.4, 0.5) is 0 Å². The second kappa shape index (κ2) is 14.4. The molecule has 0 fully saturated rings. The van der Waals surface area contributed by atoms with Crippen LogP contribution >= 0.6 is 34.5 Å². The van der Waals surface area contributed by atoms with Gasteiger partial charge in [0.1, 0.15) is 18.1 Å². The summed E-state index contributed by atoms with van der Waals surface area (Å²) in [4.78, 5) is 33.4. The van der Waals surface area contributed by atoms with Crippen molar-refractivity contribution in [2.75, 3.05) is 13.2 Å². The first-order chi connectivity index (χ1) is 22.9. The molecule has 47 heavy (non-hydrogen) atoms.